The first kappa shape index (κ1) is 18.1. The minimum absolute atomic E-state index is 0.0206. The molecule has 0 aliphatic rings. The van der Waals surface area contributed by atoms with Crippen LogP contribution in [-0.4, -0.2) is 18.2 Å². The highest BCUT2D eigenvalue weighted by molar-refractivity contribution is 5.71. The average Bonchev–Trinajstić information content (AvgIpc) is 2.52. The maximum Gasteiger partial charge on any atom is 0.304 e. The van der Waals surface area contributed by atoms with E-state index in [1.807, 2.05) is 55.5 Å². The number of hydrogen-bond acceptors (Lipinski definition) is 2. The number of benzene rings is 2. The first-order valence-corrected chi connectivity index (χ1v) is 8.14. The summed E-state index contributed by atoms with van der Waals surface area (Å²) < 4.78 is 5.38. The minimum atomic E-state index is -0.812. The highest BCUT2D eigenvalue weighted by atomic mass is 16.5. The molecule has 0 aliphatic heterocycles. The quantitative estimate of drug-likeness (QED) is 0.857. The molecule has 0 heterocycles. The van der Waals surface area contributed by atoms with Crippen LogP contribution in [0.5, 0.6) is 5.75 Å². The van der Waals surface area contributed by atoms with Gasteiger partial charge in [0.25, 0.3) is 0 Å². The van der Waals surface area contributed by atoms with Crippen LogP contribution >= 0.6 is 0 Å². The van der Waals surface area contributed by atoms with Gasteiger partial charge in [-0.25, -0.2) is 0 Å². The molecule has 0 spiro atoms. The minimum Gasteiger partial charge on any atom is -0.497 e. The Morgan fingerprint density at radius 3 is 2.17 bits per heavy atom. The fraction of sp³-hybridized carbons (Fsp3) is 0.381. The Morgan fingerprint density at radius 2 is 1.67 bits per heavy atom. The van der Waals surface area contributed by atoms with Crippen LogP contribution < -0.4 is 4.74 Å². The van der Waals surface area contributed by atoms with Crippen LogP contribution in [0, 0.1) is 12.3 Å². The van der Waals surface area contributed by atoms with Crippen LogP contribution in [0.2, 0.25) is 0 Å². The molecule has 2 aromatic rings. The Bertz CT molecular complexity index is 711. The van der Waals surface area contributed by atoms with Gasteiger partial charge in [0, 0.05) is 5.41 Å². The Labute approximate surface area is 144 Å². The molecular formula is C21H26O3. The summed E-state index contributed by atoms with van der Waals surface area (Å²) in [6.45, 7) is 8.31. The Kier molecular flexibility index (Phi) is 5.02. The lowest BCUT2D eigenvalue weighted by molar-refractivity contribution is -0.139. The lowest BCUT2D eigenvalue weighted by atomic mass is 9.57. The van der Waals surface area contributed by atoms with Crippen molar-refractivity contribution < 1.29 is 14.6 Å². The summed E-state index contributed by atoms with van der Waals surface area (Å²) in [6.07, 6.45) is 0.0206. The first-order chi connectivity index (χ1) is 11.2. The molecule has 0 amide bonds. The lowest BCUT2D eigenvalue weighted by Gasteiger charge is -2.45. The lowest BCUT2D eigenvalue weighted by Crippen LogP contribution is -2.43. The highest BCUT2D eigenvalue weighted by Crippen LogP contribution is 2.50. The van der Waals surface area contributed by atoms with E-state index >= 15 is 0 Å². The van der Waals surface area contributed by atoms with Crippen LogP contribution in [0.4, 0.5) is 0 Å². The van der Waals surface area contributed by atoms with Crippen LogP contribution in [0.15, 0.2) is 48.5 Å². The molecule has 0 saturated heterocycles. The molecule has 0 aliphatic carbocycles. The van der Waals surface area contributed by atoms with E-state index in [2.05, 4.69) is 20.8 Å². The van der Waals surface area contributed by atoms with Gasteiger partial charge in [0.05, 0.1) is 13.5 Å². The van der Waals surface area contributed by atoms with Gasteiger partial charge in [0.1, 0.15) is 5.75 Å². The molecule has 0 saturated carbocycles. The summed E-state index contributed by atoms with van der Waals surface area (Å²) in [5.41, 5.74) is 2.17. The molecule has 2 aromatic carbocycles. The summed E-state index contributed by atoms with van der Waals surface area (Å²) in [6, 6.07) is 15.9. The monoisotopic (exact) mass is 326 g/mol. The summed E-state index contributed by atoms with van der Waals surface area (Å²) in [7, 11) is 1.63. The third-order valence-electron chi connectivity index (χ3n) is 4.80. The second-order valence-electron chi connectivity index (χ2n) is 7.32. The number of carbonyl (C=O) groups is 1. The van der Waals surface area contributed by atoms with Gasteiger partial charge in [-0.15, -0.1) is 0 Å². The fourth-order valence-electron chi connectivity index (χ4n) is 3.46. The molecule has 128 valence electrons. The van der Waals surface area contributed by atoms with E-state index < -0.39 is 11.4 Å². The van der Waals surface area contributed by atoms with Crippen molar-refractivity contribution in [3.05, 3.63) is 65.2 Å². The number of rotatable bonds is 5. The van der Waals surface area contributed by atoms with Gasteiger partial charge in [-0.2, -0.15) is 0 Å². The van der Waals surface area contributed by atoms with E-state index in [1.165, 1.54) is 0 Å². The molecule has 0 fully saturated rings. The summed E-state index contributed by atoms with van der Waals surface area (Å²) >= 11 is 0. The third kappa shape index (κ3) is 3.30. The van der Waals surface area contributed by atoms with Crippen LogP contribution in [-0.2, 0) is 10.2 Å². The summed E-state index contributed by atoms with van der Waals surface area (Å²) in [5.74, 6) is -0.0769. The number of carboxylic acids is 1. The zero-order valence-corrected chi connectivity index (χ0v) is 15.1. The maximum absolute atomic E-state index is 11.8. The van der Waals surface area contributed by atoms with Gasteiger partial charge < -0.3 is 9.84 Å². The molecule has 1 N–H and O–H groups in total. The SMILES string of the molecule is COc1cccc([C@](CC(=O)O)(c2ccc(C)cc2)C(C)(C)C)c1. The third-order valence-corrected chi connectivity index (χ3v) is 4.80. The van der Waals surface area contributed by atoms with Crippen LogP contribution in [0.1, 0.15) is 43.9 Å². The number of ether oxygens (including phenoxy) is 1. The predicted octanol–water partition coefficient (Wildman–Crippen LogP) is 4.81. The zero-order chi connectivity index (χ0) is 18.0. The van der Waals surface area contributed by atoms with Crippen molar-refractivity contribution in [3.8, 4) is 5.75 Å². The van der Waals surface area contributed by atoms with Crippen molar-refractivity contribution in [2.75, 3.05) is 7.11 Å². The van der Waals surface area contributed by atoms with Crippen molar-refractivity contribution in [2.45, 2.75) is 39.5 Å². The number of aryl methyl sites for hydroxylation is 1. The van der Waals surface area contributed by atoms with Crippen molar-refractivity contribution in [2.24, 2.45) is 5.41 Å². The van der Waals surface area contributed by atoms with E-state index in [0.717, 1.165) is 22.4 Å². The van der Waals surface area contributed by atoms with E-state index in [-0.39, 0.29) is 11.8 Å². The van der Waals surface area contributed by atoms with Gasteiger partial charge in [0.2, 0.25) is 0 Å². The van der Waals surface area contributed by atoms with Gasteiger partial charge in [0.15, 0.2) is 0 Å². The Morgan fingerprint density at radius 1 is 1.04 bits per heavy atom. The smallest absolute Gasteiger partial charge is 0.304 e. The molecule has 0 aromatic heterocycles. The molecule has 2 rings (SSSR count). The van der Waals surface area contributed by atoms with Crippen molar-refractivity contribution >= 4 is 5.97 Å². The fourth-order valence-corrected chi connectivity index (χ4v) is 3.46. The van der Waals surface area contributed by atoms with Crippen molar-refractivity contribution in [1.29, 1.82) is 0 Å². The molecule has 0 unspecified atom stereocenters. The summed E-state index contributed by atoms with van der Waals surface area (Å²) in [5, 5.41) is 9.68. The normalized spacial score (nSPS) is 14.0. The van der Waals surface area contributed by atoms with Gasteiger partial charge in [-0.1, -0.05) is 62.7 Å². The molecule has 0 bridgehead atoms. The second-order valence-corrected chi connectivity index (χ2v) is 7.32. The topological polar surface area (TPSA) is 46.5 Å². The highest BCUT2D eigenvalue weighted by Gasteiger charge is 2.46. The maximum atomic E-state index is 11.8. The molecule has 1 atom stereocenters. The van der Waals surface area contributed by atoms with Gasteiger partial charge >= 0.3 is 5.97 Å². The van der Waals surface area contributed by atoms with Crippen molar-refractivity contribution in [1.82, 2.24) is 0 Å². The predicted molar refractivity (Wildman–Crippen MR) is 96.7 cm³/mol. The molecule has 0 radical (unpaired) electrons. The van der Waals surface area contributed by atoms with Crippen LogP contribution in [0.3, 0.4) is 0 Å². The molecule has 24 heavy (non-hydrogen) atoms. The molecular weight excluding hydrogens is 300 g/mol. The zero-order valence-electron chi connectivity index (χ0n) is 15.1. The Hall–Kier alpha value is -2.29. The number of methoxy groups -OCH3 is 1. The van der Waals surface area contributed by atoms with E-state index in [1.54, 1.807) is 7.11 Å². The Balaban J connectivity index is 2.79. The average molecular weight is 326 g/mol. The number of aliphatic carboxylic acids is 1. The second kappa shape index (κ2) is 6.68. The van der Waals surface area contributed by atoms with E-state index in [4.69, 9.17) is 4.74 Å². The number of hydrogen-bond donors (Lipinski definition) is 1. The first-order valence-electron chi connectivity index (χ1n) is 8.14. The van der Waals surface area contributed by atoms with Crippen molar-refractivity contribution in [3.63, 3.8) is 0 Å². The number of carboxylic acid groups (broad SMARTS) is 1. The van der Waals surface area contributed by atoms with E-state index in [0.29, 0.717) is 0 Å². The van der Waals surface area contributed by atoms with Crippen LogP contribution in [0.25, 0.3) is 0 Å². The van der Waals surface area contributed by atoms with E-state index in [9.17, 15) is 9.90 Å². The largest absolute Gasteiger partial charge is 0.497 e. The van der Waals surface area contributed by atoms with Gasteiger partial charge in [-0.3, -0.25) is 4.79 Å². The molecule has 3 heteroatoms. The van der Waals surface area contributed by atoms with Gasteiger partial charge in [-0.05, 0) is 35.6 Å². The summed E-state index contributed by atoms with van der Waals surface area (Å²) in [4.78, 5) is 11.8. The standard InChI is InChI=1S/C21H26O3/c1-15-9-11-16(12-10-15)21(14-19(22)23,20(2,3)4)17-7-6-8-18(13-17)24-5/h6-13H,14H2,1-5H3,(H,22,23)/t21-/m0/s1. The molecule has 3 nitrogen and oxygen atoms in total.